The van der Waals surface area contributed by atoms with Crippen LogP contribution in [0.4, 0.5) is 0 Å². The first-order valence-corrected chi connectivity index (χ1v) is 10.0. The molecule has 0 atom stereocenters. The fourth-order valence-corrected chi connectivity index (χ4v) is 3.73. The van der Waals surface area contributed by atoms with E-state index in [-0.39, 0.29) is 5.91 Å². The molecule has 0 spiro atoms. The first-order chi connectivity index (χ1) is 13.0. The first kappa shape index (κ1) is 19.2. The van der Waals surface area contributed by atoms with Gasteiger partial charge in [-0.3, -0.25) is 9.36 Å². The Morgan fingerprint density at radius 1 is 1.11 bits per heavy atom. The van der Waals surface area contributed by atoms with E-state index in [0.29, 0.717) is 29.8 Å². The van der Waals surface area contributed by atoms with Crippen molar-refractivity contribution in [3.63, 3.8) is 0 Å². The molecular weight excluding hydrogens is 360 g/mol. The van der Waals surface area contributed by atoms with Crippen molar-refractivity contribution >= 4 is 17.7 Å². The molecule has 1 aromatic carbocycles. The topological polar surface area (TPSA) is 64.2 Å². The minimum absolute atomic E-state index is 0.101. The van der Waals surface area contributed by atoms with Crippen LogP contribution in [-0.2, 0) is 4.79 Å². The Morgan fingerprint density at radius 2 is 1.81 bits per heavy atom. The summed E-state index contributed by atoms with van der Waals surface area (Å²) in [6.07, 6.45) is 1.65. The van der Waals surface area contributed by atoms with Gasteiger partial charge in [-0.05, 0) is 45.9 Å². The van der Waals surface area contributed by atoms with E-state index >= 15 is 0 Å². The molecule has 3 aromatic rings. The van der Waals surface area contributed by atoms with E-state index in [1.807, 2.05) is 48.4 Å². The highest BCUT2D eigenvalue weighted by Crippen LogP contribution is 2.30. The second-order valence-electron chi connectivity index (χ2n) is 6.22. The summed E-state index contributed by atoms with van der Waals surface area (Å²) in [5.41, 5.74) is 3.03. The van der Waals surface area contributed by atoms with E-state index in [9.17, 15) is 4.79 Å². The minimum atomic E-state index is 0.101. The lowest BCUT2D eigenvalue weighted by Crippen LogP contribution is -2.31. The number of hydrogen-bond acceptors (Lipinski definition) is 5. The molecule has 142 valence electrons. The second kappa shape index (κ2) is 8.43. The summed E-state index contributed by atoms with van der Waals surface area (Å²) in [5.74, 6) is 1.93. The zero-order chi connectivity index (χ0) is 19.4. The summed E-state index contributed by atoms with van der Waals surface area (Å²) in [4.78, 5) is 14.2. The van der Waals surface area contributed by atoms with Gasteiger partial charge in [0.2, 0.25) is 5.91 Å². The van der Waals surface area contributed by atoms with Crippen molar-refractivity contribution in [1.82, 2.24) is 19.7 Å². The van der Waals surface area contributed by atoms with Crippen LogP contribution in [0.2, 0.25) is 0 Å². The number of benzene rings is 1. The zero-order valence-electron chi connectivity index (χ0n) is 16.1. The molecule has 1 amide bonds. The van der Waals surface area contributed by atoms with Gasteiger partial charge in [0.1, 0.15) is 5.76 Å². The van der Waals surface area contributed by atoms with E-state index in [1.165, 1.54) is 17.3 Å². The third-order valence-corrected chi connectivity index (χ3v) is 5.38. The van der Waals surface area contributed by atoms with Crippen LogP contribution in [0.15, 0.2) is 46.2 Å². The molecule has 0 N–H and O–H groups in total. The van der Waals surface area contributed by atoms with Crippen LogP contribution in [-0.4, -0.2) is 44.4 Å². The van der Waals surface area contributed by atoms with Crippen molar-refractivity contribution < 1.29 is 9.21 Å². The van der Waals surface area contributed by atoms with E-state index in [2.05, 4.69) is 29.3 Å². The Labute approximate surface area is 163 Å². The van der Waals surface area contributed by atoms with Gasteiger partial charge in [-0.2, -0.15) is 0 Å². The molecular formula is C20H24N4O2S. The number of amides is 1. The van der Waals surface area contributed by atoms with Crippen molar-refractivity contribution in [2.45, 2.75) is 32.9 Å². The molecule has 0 saturated heterocycles. The molecule has 0 aliphatic rings. The quantitative estimate of drug-likeness (QED) is 0.574. The van der Waals surface area contributed by atoms with Crippen LogP contribution in [0.5, 0.6) is 0 Å². The van der Waals surface area contributed by atoms with E-state index in [0.717, 1.165) is 17.0 Å². The molecule has 6 nitrogen and oxygen atoms in total. The fraction of sp³-hybridized carbons (Fsp3) is 0.350. The van der Waals surface area contributed by atoms with Crippen molar-refractivity contribution in [3.8, 4) is 17.1 Å². The molecule has 3 rings (SSSR count). The highest BCUT2D eigenvalue weighted by atomic mass is 32.2. The number of rotatable bonds is 7. The normalized spacial score (nSPS) is 11.0. The number of furan rings is 1. The molecule has 0 fully saturated rings. The van der Waals surface area contributed by atoms with E-state index in [4.69, 9.17) is 4.42 Å². The van der Waals surface area contributed by atoms with Gasteiger partial charge in [-0.1, -0.05) is 29.5 Å². The number of nitrogens with zero attached hydrogens (tertiary/aromatic N) is 4. The van der Waals surface area contributed by atoms with Gasteiger partial charge in [-0.15, -0.1) is 10.2 Å². The number of carbonyl (C=O) groups is 1. The van der Waals surface area contributed by atoms with Crippen molar-refractivity contribution in [2.75, 3.05) is 18.8 Å². The van der Waals surface area contributed by atoms with E-state index < -0.39 is 0 Å². The van der Waals surface area contributed by atoms with Crippen LogP contribution in [0.1, 0.15) is 25.2 Å². The number of thioether (sulfide) groups is 1. The lowest BCUT2D eigenvalue weighted by molar-refractivity contribution is -0.127. The smallest absolute Gasteiger partial charge is 0.233 e. The number of aromatic nitrogens is 3. The van der Waals surface area contributed by atoms with Crippen molar-refractivity contribution in [2.24, 2.45) is 0 Å². The van der Waals surface area contributed by atoms with Crippen LogP contribution >= 0.6 is 11.8 Å². The summed E-state index contributed by atoms with van der Waals surface area (Å²) in [5, 5.41) is 9.44. The second-order valence-corrected chi connectivity index (χ2v) is 7.16. The van der Waals surface area contributed by atoms with Gasteiger partial charge in [0, 0.05) is 18.8 Å². The lowest BCUT2D eigenvalue weighted by Gasteiger charge is -2.18. The van der Waals surface area contributed by atoms with Crippen LogP contribution in [0.3, 0.4) is 0 Å². The molecule has 2 heterocycles. The Balaban J connectivity index is 1.97. The lowest BCUT2D eigenvalue weighted by atomic mass is 10.2. The third kappa shape index (κ3) is 4.08. The van der Waals surface area contributed by atoms with Crippen molar-refractivity contribution in [1.29, 1.82) is 0 Å². The van der Waals surface area contributed by atoms with Crippen LogP contribution in [0, 0.1) is 13.8 Å². The largest absolute Gasteiger partial charge is 0.469 e. The molecule has 0 aliphatic heterocycles. The molecule has 0 saturated carbocycles. The molecule has 0 aliphatic carbocycles. The number of hydrogen-bond donors (Lipinski definition) is 0. The minimum Gasteiger partial charge on any atom is -0.469 e. The number of carbonyl (C=O) groups excluding carboxylic acids is 1. The standard InChI is InChI=1S/C20H24N4O2S/c1-5-23(6-2)18(25)13-27-20-22-21-19(17-11-12-26-15(17)4)24(20)16-9-7-14(3)8-10-16/h7-12H,5-6,13H2,1-4H3. The Kier molecular flexibility index (Phi) is 6.01. The summed E-state index contributed by atoms with van der Waals surface area (Å²) in [6, 6.07) is 10.1. The molecule has 0 bridgehead atoms. The summed E-state index contributed by atoms with van der Waals surface area (Å²) in [7, 11) is 0. The molecule has 0 radical (unpaired) electrons. The zero-order valence-corrected chi connectivity index (χ0v) is 16.9. The fourth-order valence-electron chi connectivity index (χ4n) is 2.88. The summed E-state index contributed by atoms with van der Waals surface area (Å²) in [6.45, 7) is 9.34. The van der Waals surface area contributed by atoms with Crippen LogP contribution in [0.25, 0.3) is 17.1 Å². The average Bonchev–Trinajstić information content (AvgIpc) is 3.27. The van der Waals surface area contributed by atoms with Gasteiger partial charge in [0.15, 0.2) is 11.0 Å². The average molecular weight is 385 g/mol. The Hall–Kier alpha value is -2.54. The van der Waals surface area contributed by atoms with Gasteiger partial charge in [0.05, 0.1) is 17.6 Å². The van der Waals surface area contributed by atoms with Crippen molar-refractivity contribution in [3.05, 3.63) is 47.9 Å². The maximum atomic E-state index is 12.4. The summed E-state index contributed by atoms with van der Waals surface area (Å²) >= 11 is 1.40. The molecule has 0 unspecified atom stereocenters. The van der Waals surface area contributed by atoms with E-state index in [1.54, 1.807) is 6.26 Å². The highest BCUT2D eigenvalue weighted by Gasteiger charge is 2.20. The predicted molar refractivity (Wildman–Crippen MR) is 107 cm³/mol. The maximum Gasteiger partial charge on any atom is 0.233 e. The Bertz CT molecular complexity index is 910. The number of aryl methyl sites for hydroxylation is 2. The highest BCUT2D eigenvalue weighted by molar-refractivity contribution is 7.99. The SMILES string of the molecule is CCN(CC)C(=O)CSc1nnc(-c2ccoc2C)n1-c1ccc(C)cc1. The van der Waals surface area contributed by atoms with Gasteiger partial charge in [-0.25, -0.2) is 0 Å². The first-order valence-electron chi connectivity index (χ1n) is 9.02. The molecule has 2 aromatic heterocycles. The van der Waals surface area contributed by atoms with Crippen LogP contribution < -0.4 is 0 Å². The third-order valence-electron chi connectivity index (χ3n) is 4.47. The van der Waals surface area contributed by atoms with Gasteiger partial charge < -0.3 is 9.32 Å². The summed E-state index contributed by atoms with van der Waals surface area (Å²) < 4.78 is 7.43. The monoisotopic (exact) mass is 384 g/mol. The maximum absolute atomic E-state index is 12.4. The molecule has 27 heavy (non-hydrogen) atoms. The molecule has 7 heteroatoms. The predicted octanol–water partition coefficient (Wildman–Crippen LogP) is 4.10. The van der Waals surface area contributed by atoms with Gasteiger partial charge >= 0.3 is 0 Å². The van der Waals surface area contributed by atoms with Gasteiger partial charge in [0.25, 0.3) is 0 Å². The Morgan fingerprint density at radius 3 is 2.41 bits per heavy atom.